The van der Waals surface area contributed by atoms with Gasteiger partial charge in [-0.1, -0.05) is 0 Å². The van der Waals surface area contributed by atoms with E-state index in [9.17, 15) is 22.8 Å². The molecule has 9 nitrogen and oxygen atoms in total. The summed E-state index contributed by atoms with van der Waals surface area (Å²) in [6, 6.07) is 3.14. The number of thiophene rings is 1. The number of rotatable bonds is 5. The summed E-state index contributed by atoms with van der Waals surface area (Å²) in [6.07, 6.45) is -3.22. The molecule has 1 saturated heterocycles. The molecule has 1 aliphatic heterocycles. The third-order valence-corrected chi connectivity index (χ3v) is 7.16. The smallest absolute Gasteiger partial charge is 0.416 e. The Morgan fingerprint density at radius 3 is 2.59 bits per heavy atom. The predicted molar refractivity (Wildman–Crippen MR) is 140 cm³/mol. The molecule has 1 fully saturated rings. The number of esters is 1. The number of piperidine rings is 1. The van der Waals surface area contributed by atoms with E-state index in [0.29, 0.717) is 45.9 Å². The zero-order chi connectivity index (χ0) is 28.5. The second-order valence-electron chi connectivity index (χ2n) is 10.1. The van der Waals surface area contributed by atoms with Gasteiger partial charge in [0.1, 0.15) is 39.3 Å². The molecule has 1 atom stereocenters. The SMILES string of the molecule is COC(=O)c1sc2ncnc(Nc3ccc(C(F)(F)F)cc3O[C@H]3CCCN(C(=O)OC(C)(C)C)C3)c2c1C. The van der Waals surface area contributed by atoms with E-state index in [2.05, 4.69) is 15.3 Å². The average molecular weight is 567 g/mol. The van der Waals surface area contributed by atoms with Crippen molar-refractivity contribution in [1.29, 1.82) is 0 Å². The van der Waals surface area contributed by atoms with Crippen LogP contribution < -0.4 is 10.1 Å². The van der Waals surface area contributed by atoms with Gasteiger partial charge >= 0.3 is 18.2 Å². The van der Waals surface area contributed by atoms with E-state index < -0.39 is 35.5 Å². The number of fused-ring (bicyclic) bond motifs is 1. The van der Waals surface area contributed by atoms with E-state index in [0.717, 1.165) is 23.5 Å². The largest absolute Gasteiger partial charge is 0.486 e. The van der Waals surface area contributed by atoms with Gasteiger partial charge in [0, 0.05) is 6.54 Å². The molecular formula is C26H29F3N4O5S. The summed E-state index contributed by atoms with van der Waals surface area (Å²) in [5.41, 5.74) is -0.739. The third kappa shape index (κ3) is 6.52. The molecule has 1 N–H and O–H groups in total. The molecule has 4 rings (SSSR count). The minimum Gasteiger partial charge on any atom is -0.486 e. The van der Waals surface area contributed by atoms with Gasteiger partial charge in [0.05, 0.1) is 30.3 Å². The van der Waals surface area contributed by atoms with E-state index in [1.165, 1.54) is 24.4 Å². The van der Waals surface area contributed by atoms with Gasteiger partial charge in [0.15, 0.2) is 0 Å². The molecule has 1 amide bonds. The number of aryl methyl sites for hydroxylation is 1. The Labute approximate surface area is 227 Å². The summed E-state index contributed by atoms with van der Waals surface area (Å²) < 4.78 is 57.2. The van der Waals surface area contributed by atoms with Crippen molar-refractivity contribution in [1.82, 2.24) is 14.9 Å². The molecule has 3 aromatic rings. The monoisotopic (exact) mass is 566 g/mol. The molecule has 0 unspecified atom stereocenters. The number of carbonyl (C=O) groups is 2. The fourth-order valence-electron chi connectivity index (χ4n) is 4.19. The second-order valence-corrected chi connectivity index (χ2v) is 11.1. The number of amides is 1. The lowest BCUT2D eigenvalue weighted by Crippen LogP contribution is -2.46. The first-order valence-corrected chi connectivity index (χ1v) is 13.0. The van der Waals surface area contributed by atoms with Gasteiger partial charge in [-0.3, -0.25) is 0 Å². The van der Waals surface area contributed by atoms with Gasteiger partial charge in [-0.15, -0.1) is 11.3 Å². The zero-order valence-electron chi connectivity index (χ0n) is 22.1. The van der Waals surface area contributed by atoms with Crippen molar-refractivity contribution in [2.24, 2.45) is 0 Å². The number of aromatic nitrogens is 2. The minimum absolute atomic E-state index is 0.0475. The molecule has 0 saturated carbocycles. The fraction of sp³-hybridized carbons (Fsp3) is 0.462. The Bertz CT molecular complexity index is 1390. The van der Waals surface area contributed by atoms with Gasteiger partial charge in [0.25, 0.3) is 0 Å². The summed E-state index contributed by atoms with van der Waals surface area (Å²) in [6.45, 7) is 7.62. The number of likely N-dealkylation sites (tertiary alicyclic amines) is 1. The van der Waals surface area contributed by atoms with Crippen molar-refractivity contribution in [2.75, 3.05) is 25.5 Å². The van der Waals surface area contributed by atoms with Crippen molar-refractivity contribution in [3.63, 3.8) is 0 Å². The Balaban J connectivity index is 1.66. The first-order valence-electron chi connectivity index (χ1n) is 12.2. The van der Waals surface area contributed by atoms with Crippen LogP contribution in [0.1, 0.15) is 54.4 Å². The predicted octanol–water partition coefficient (Wildman–Crippen LogP) is 6.33. The maximum atomic E-state index is 13.6. The number of nitrogens with zero attached hydrogens (tertiary/aromatic N) is 3. The highest BCUT2D eigenvalue weighted by molar-refractivity contribution is 7.20. The normalized spacial score (nSPS) is 16.2. The van der Waals surface area contributed by atoms with E-state index in [4.69, 9.17) is 14.2 Å². The highest BCUT2D eigenvalue weighted by Gasteiger charge is 2.33. The molecule has 0 aliphatic carbocycles. The van der Waals surface area contributed by atoms with E-state index >= 15 is 0 Å². The maximum absolute atomic E-state index is 13.6. The van der Waals surface area contributed by atoms with Crippen molar-refractivity contribution in [3.8, 4) is 5.75 Å². The number of halogens is 3. The van der Waals surface area contributed by atoms with Crippen molar-refractivity contribution in [2.45, 2.75) is 58.4 Å². The number of ether oxygens (including phenoxy) is 3. The van der Waals surface area contributed by atoms with Crippen molar-refractivity contribution >= 4 is 45.1 Å². The van der Waals surface area contributed by atoms with Crippen LogP contribution in [-0.2, 0) is 15.7 Å². The van der Waals surface area contributed by atoms with Crippen LogP contribution in [-0.4, -0.2) is 58.8 Å². The van der Waals surface area contributed by atoms with Crippen LogP contribution in [0.4, 0.5) is 29.5 Å². The first kappa shape index (κ1) is 28.4. The fourth-order valence-corrected chi connectivity index (χ4v) is 5.25. The molecule has 3 heterocycles. The molecule has 13 heteroatoms. The molecule has 1 aliphatic rings. The van der Waals surface area contributed by atoms with Crippen LogP contribution in [0.15, 0.2) is 24.5 Å². The number of carbonyl (C=O) groups excluding carboxylic acids is 2. The molecule has 0 bridgehead atoms. The van der Waals surface area contributed by atoms with Crippen LogP contribution in [0.25, 0.3) is 10.2 Å². The van der Waals surface area contributed by atoms with Crippen LogP contribution in [0.5, 0.6) is 5.75 Å². The van der Waals surface area contributed by atoms with Crippen LogP contribution in [0, 0.1) is 6.92 Å². The molecule has 0 radical (unpaired) electrons. The van der Waals surface area contributed by atoms with E-state index in [1.807, 2.05) is 0 Å². The third-order valence-electron chi connectivity index (χ3n) is 5.98. The number of benzene rings is 1. The Hall–Kier alpha value is -3.61. The number of hydrogen-bond acceptors (Lipinski definition) is 9. The summed E-state index contributed by atoms with van der Waals surface area (Å²) in [7, 11) is 1.28. The highest BCUT2D eigenvalue weighted by atomic mass is 32.1. The molecular weight excluding hydrogens is 537 g/mol. The molecule has 2 aromatic heterocycles. The van der Waals surface area contributed by atoms with Crippen LogP contribution in [0.2, 0.25) is 0 Å². The minimum atomic E-state index is -4.59. The topological polar surface area (TPSA) is 103 Å². The lowest BCUT2D eigenvalue weighted by Gasteiger charge is -2.34. The standard InChI is InChI=1S/C26H29F3N4O5S/c1-14-19-21(30-13-31-22(19)39-20(14)23(34)36-5)32-17-9-8-15(26(27,28)29)11-18(17)37-16-7-6-10-33(12-16)24(35)38-25(2,3)4/h8-9,11,13,16H,6-7,10,12H2,1-5H3,(H,30,31,32)/t16-/m0/s1. The Morgan fingerprint density at radius 2 is 1.92 bits per heavy atom. The van der Waals surface area contributed by atoms with Gasteiger partial charge in [-0.2, -0.15) is 13.2 Å². The number of hydrogen-bond donors (Lipinski definition) is 1. The van der Waals surface area contributed by atoms with Gasteiger partial charge in [-0.25, -0.2) is 19.6 Å². The molecule has 0 spiro atoms. The molecule has 1 aromatic carbocycles. The molecule has 39 heavy (non-hydrogen) atoms. The van der Waals surface area contributed by atoms with Crippen molar-refractivity contribution in [3.05, 3.63) is 40.5 Å². The second kappa shape index (κ2) is 10.9. The summed E-state index contributed by atoms with van der Waals surface area (Å²) >= 11 is 1.13. The quantitative estimate of drug-likeness (QED) is 0.358. The van der Waals surface area contributed by atoms with Crippen LogP contribution >= 0.6 is 11.3 Å². The number of methoxy groups -OCH3 is 1. The van der Waals surface area contributed by atoms with E-state index in [1.54, 1.807) is 27.7 Å². The molecule has 210 valence electrons. The summed E-state index contributed by atoms with van der Waals surface area (Å²) in [4.78, 5) is 35.6. The highest BCUT2D eigenvalue weighted by Crippen LogP contribution is 2.40. The van der Waals surface area contributed by atoms with Crippen molar-refractivity contribution < 1.29 is 37.0 Å². The number of alkyl halides is 3. The number of nitrogens with one attached hydrogen (secondary N) is 1. The Kier molecular flexibility index (Phi) is 7.92. The average Bonchev–Trinajstić information content (AvgIpc) is 3.20. The first-order chi connectivity index (χ1) is 18.3. The lowest BCUT2D eigenvalue weighted by atomic mass is 10.1. The summed E-state index contributed by atoms with van der Waals surface area (Å²) in [5, 5.41) is 3.61. The van der Waals surface area contributed by atoms with E-state index in [-0.39, 0.29) is 18.0 Å². The number of anilines is 2. The van der Waals surface area contributed by atoms with Crippen LogP contribution in [0.3, 0.4) is 0 Å². The Morgan fingerprint density at radius 1 is 1.18 bits per heavy atom. The maximum Gasteiger partial charge on any atom is 0.416 e. The van der Waals surface area contributed by atoms with Gasteiger partial charge < -0.3 is 24.4 Å². The zero-order valence-corrected chi connectivity index (χ0v) is 23.0. The van der Waals surface area contributed by atoms with Gasteiger partial charge in [-0.05, 0) is 64.3 Å². The lowest BCUT2D eigenvalue weighted by molar-refractivity contribution is -0.137. The van der Waals surface area contributed by atoms with Gasteiger partial charge in [0.2, 0.25) is 0 Å². The summed E-state index contributed by atoms with van der Waals surface area (Å²) in [5.74, 6) is -0.270.